The maximum absolute atomic E-state index is 13.6. The molecule has 0 atom stereocenters. The third kappa shape index (κ3) is 3.34. The summed E-state index contributed by atoms with van der Waals surface area (Å²) in [5, 5.41) is 11.3. The molecule has 0 spiro atoms. The molecule has 4 heteroatoms. The third-order valence-electron chi connectivity index (χ3n) is 4.95. The number of para-hydroxylation sites is 2. The summed E-state index contributed by atoms with van der Waals surface area (Å²) >= 11 is 0. The molecule has 0 amide bonds. The predicted octanol–water partition coefficient (Wildman–Crippen LogP) is 4.61. The largest absolute Gasteiger partial charge is 0.477 e. The molecular formula is C25H23N2O2+. The number of benzene rings is 3. The Bertz CT molecular complexity index is 1180. The molecule has 0 aliphatic carbocycles. The van der Waals surface area contributed by atoms with E-state index >= 15 is 0 Å². The summed E-state index contributed by atoms with van der Waals surface area (Å²) < 4.78 is 3.45. The molecule has 0 bridgehead atoms. The highest BCUT2D eigenvalue weighted by molar-refractivity contribution is 5.57. The average Bonchev–Trinajstić information content (AvgIpc) is 2.75. The maximum atomic E-state index is 13.6. The lowest BCUT2D eigenvalue weighted by Crippen LogP contribution is -2.43. The van der Waals surface area contributed by atoms with Crippen LogP contribution < -0.4 is 10.1 Å². The van der Waals surface area contributed by atoms with Gasteiger partial charge in [-0.3, -0.25) is 0 Å². The van der Waals surface area contributed by atoms with Gasteiger partial charge < -0.3 is 5.11 Å². The Morgan fingerprint density at radius 2 is 1.31 bits per heavy atom. The minimum atomic E-state index is -0.213. The fourth-order valence-corrected chi connectivity index (χ4v) is 3.62. The van der Waals surface area contributed by atoms with E-state index in [1.807, 2.05) is 105 Å². The smallest absolute Gasteiger partial charge is 0.350 e. The Labute approximate surface area is 170 Å². The Morgan fingerprint density at radius 3 is 1.86 bits per heavy atom. The number of nitrogens with zero attached hydrogens (tertiary/aromatic N) is 2. The number of aromatic hydroxyl groups is 1. The second-order valence-electron chi connectivity index (χ2n) is 7.23. The summed E-state index contributed by atoms with van der Waals surface area (Å²) in [6.07, 6.45) is 0. The lowest BCUT2D eigenvalue weighted by molar-refractivity contribution is -0.597. The molecule has 144 valence electrons. The molecule has 0 unspecified atom stereocenters. The van der Waals surface area contributed by atoms with Crippen LogP contribution in [0.3, 0.4) is 0 Å². The van der Waals surface area contributed by atoms with Gasteiger partial charge in [-0.2, -0.15) is 9.13 Å². The molecule has 4 rings (SSSR count). The van der Waals surface area contributed by atoms with Crippen molar-refractivity contribution in [3.05, 3.63) is 107 Å². The predicted molar refractivity (Wildman–Crippen MR) is 115 cm³/mol. The highest BCUT2D eigenvalue weighted by Crippen LogP contribution is 2.27. The Hall–Kier alpha value is -3.66. The monoisotopic (exact) mass is 383 g/mol. The molecule has 0 aliphatic heterocycles. The van der Waals surface area contributed by atoms with Crippen molar-refractivity contribution in [1.82, 2.24) is 4.57 Å². The van der Waals surface area contributed by atoms with E-state index in [4.69, 9.17) is 0 Å². The standard InChI is InChI=1S/C25H22N2O2/c1-18(2)22-24(28)26(20-14-8-4-9-15-20)23(19-12-6-3-7-13-19)27(25(22)29)21-16-10-5-11-17-21/h3-18H,1-2H3/p+1. The van der Waals surface area contributed by atoms with Crippen LogP contribution in [0.2, 0.25) is 0 Å². The van der Waals surface area contributed by atoms with Crippen LogP contribution >= 0.6 is 0 Å². The average molecular weight is 383 g/mol. The Balaban J connectivity index is 2.23. The molecule has 0 saturated carbocycles. The SMILES string of the molecule is CC(C)c1c(O)[n+](-c2ccccc2)c(-c2ccccc2)n(-c2ccccc2)c1=O. The molecule has 1 N–H and O–H groups in total. The fourth-order valence-electron chi connectivity index (χ4n) is 3.62. The van der Waals surface area contributed by atoms with E-state index in [0.717, 1.165) is 16.9 Å². The summed E-state index contributed by atoms with van der Waals surface area (Å²) in [4.78, 5) is 13.6. The van der Waals surface area contributed by atoms with E-state index in [1.165, 1.54) is 0 Å². The van der Waals surface area contributed by atoms with Gasteiger partial charge in [-0.15, -0.1) is 0 Å². The van der Waals surface area contributed by atoms with Gasteiger partial charge in [-0.1, -0.05) is 68.4 Å². The van der Waals surface area contributed by atoms with Gasteiger partial charge >= 0.3 is 11.4 Å². The minimum Gasteiger partial charge on any atom is -0.477 e. The third-order valence-corrected chi connectivity index (χ3v) is 4.95. The van der Waals surface area contributed by atoms with Crippen LogP contribution in [0.1, 0.15) is 25.3 Å². The van der Waals surface area contributed by atoms with Crippen LogP contribution in [0.15, 0.2) is 95.8 Å². The first-order chi connectivity index (χ1) is 14.1. The van der Waals surface area contributed by atoms with Crippen molar-refractivity contribution in [1.29, 1.82) is 0 Å². The van der Waals surface area contributed by atoms with Crippen LogP contribution in [0.5, 0.6) is 5.88 Å². The topological polar surface area (TPSA) is 46.1 Å². The van der Waals surface area contributed by atoms with Crippen molar-refractivity contribution < 1.29 is 9.67 Å². The van der Waals surface area contributed by atoms with E-state index in [2.05, 4.69) is 0 Å². The van der Waals surface area contributed by atoms with E-state index in [9.17, 15) is 9.90 Å². The lowest BCUT2D eigenvalue weighted by Gasteiger charge is -2.16. The summed E-state index contributed by atoms with van der Waals surface area (Å²) in [7, 11) is 0. The zero-order valence-electron chi connectivity index (χ0n) is 16.5. The van der Waals surface area contributed by atoms with Gasteiger partial charge in [0, 0.05) is 0 Å². The van der Waals surface area contributed by atoms with Crippen LogP contribution in [-0.2, 0) is 0 Å². The van der Waals surface area contributed by atoms with Gasteiger partial charge in [0.25, 0.3) is 5.88 Å². The first-order valence-electron chi connectivity index (χ1n) is 9.69. The molecule has 0 saturated heterocycles. The fraction of sp³-hybridized carbons (Fsp3) is 0.120. The zero-order chi connectivity index (χ0) is 20.4. The summed E-state index contributed by atoms with van der Waals surface area (Å²) in [5.41, 5.74) is 2.55. The van der Waals surface area contributed by atoms with Crippen molar-refractivity contribution in [2.75, 3.05) is 0 Å². The summed E-state index contributed by atoms with van der Waals surface area (Å²) in [6, 6.07) is 28.9. The number of hydrogen-bond donors (Lipinski definition) is 1. The molecule has 4 aromatic rings. The summed E-state index contributed by atoms with van der Waals surface area (Å²) in [5.74, 6) is 0.439. The number of aromatic nitrogens is 2. The lowest BCUT2D eigenvalue weighted by atomic mass is 10.0. The molecule has 4 nitrogen and oxygen atoms in total. The van der Waals surface area contributed by atoms with Gasteiger partial charge in [-0.25, -0.2) is 4.79 Å². The Kier molecular flexibility index (Phi) is 5.00. The quantitative estimate of drug-likeness (QED) is 0.523. The maximum Gasteiger partial charge on any atom is 0.350 e. The van der Waals surface area contributed by atoms with Crippen LogP contribution in [0.25, 0.3) is 22.8 Å². The van der Waals surface area contributed by atoms with E-state index in [-0.39, 0.29) is 17.4 Å². The number of hydrogen-bond acceptors (Lipinski definition) is 2. The van der Waals surface area contributed by atoms with Crippen LogP contribution in [0.4, 0.5) is 0 Å². The van der Waals surface area contributed by atoms with Crippen molar-refractivity contribution in [2.24, 2.45) is 0 Å². The van der Waals surface area contributed by atoms with Gasteiger partial charge in [-0.05, 0) is 42.3 Å². The molecule has 3 aromatic carbocycles. The van der Waals surface area contributed by atoms with Gasteiger partial charge in [0.1, 0.15) is 16.9 Å². The minimum absolute atomic E-state index is 0.0257. The van der Waals surface area contributed by atoms with Crippen molar-refractivity contribution in [3.63, 3.8) is 0 Å². The first-order valence-corrected chi connectivity index (χ1v) is 9.69. The Morgan fingerprint density at radius 1 is 0.793 bits per heavy atom. The van der Waals surface area contributed by atoms with Gasteiger partial charge in [0.15, 0.2) is 0 Å². The normalized spacial score (nSPS) is 11.0. The molecule has 29 heavy (non-hydrogen) atoms. The van der Waals surface area contributed by atoms with Crippen molar-refractivity contribution in [2.45, 2.75) is 19.8 Å². The van der Waals surface area contributed by atoms with Gasteiger partial charge in [0.2, 0.25) is 0 Å². The van der Waals surface area contributed by atoms with E-state index in [0.29, 0.717) is 11.4 Å². The van der Waals surface area contributed by atoms with Crippen LogP contribution in [-0.4, -0.2) is 9.67 Å². The second kappa shape index (κ2) is 7.76. The molecule has 0 radical (unpaired) electrons. The highest BCUT2D eigenvalue weighted by atomic mass is 16.3. The molecular weight excluding hydrogens is 360 g/mol. The first kappa shape index (κ1) is 18.7. The highest BCUT2D eigenvalue weighted by Gasteiger charge is 2.32. The number of rotatable bonds is 4. The van der Waals surface area contributed by atoms with E-state index in [1.54, 1.807) is 9.13 Å². The second-order valence-corrected chi connectivity index (χ2v) is 7.23. The molecule has 1 aromatic heterocycles. The molecule has 0 aliphatic rings. The molecule has 0 fully saturated rings. The van der Waals surface area contributed by atoms with Gasteiger partial charge in [0.05, 0.1) is 5.56 Å². The zero-order valence-corrected chi connectivity index (χ0v) is 16.5. The summed E-state index contributed by atoms with van der Waals surface area (Å²) in [6.45, 7) is 3.84. The van der Waals surface area contributed by atoms with Crippen molar-refractivity contribution in [3.8, 4) is 28.6 Å². The molecule has 1 heterocycles. The van der Waals surface area contributed by atoms with Crippen LogP contribution in [0, 0.1) is 0 Å². The van der Waals surface area contributed by atoms with Crippen molar-refractivity contribution >= 4 is 0 Å². The van der Waals surface area contributed by atoms with E-state index < -0.39 is 0 Å².